The molecule has 0 spiro atoms. The first-order valence-electron chi connectivity index (χ1n) is 10.9. The predicted molar refractivity (Wildman–Crippen MR) is 117 cm³/mol. The molecule has 1 heterocycles. The normalized spacial score (nSPS) is 22.2. The fourth-order valence-corrected chi connectivity index (χ4v) is 4.89. The Balaban J connectivity index is 1.72. The van der Waals surface area contributed by atoms with Gasteiger partial charge in [-0.05, 0) is 42.2 Å². The van der Waals surface area contributed by atoms with E-state index >= 15 is 0 Å². The third kappa shape index (κ3) is 3.93. The number of nitrogens with one attached hydrogen (secondary N) is 1. The summed E-state index contributed by atoms with van der Waals surface area (Å²) in [6.45, 7) is 0. The number of carbonyl (C=O) groups is 2. The van der Waals surface area contributed by atoms with Crippen LogP contribution in [0.15, 0.2) is 48.5 Å². The summed E-state index contributed by atoms with van der Waals surface area (Å²) >= 11 is 0. The molecular formula is C25H30N2O3. The molecule has 5 nitrogen and oxygen atoms in total. The van der Waals surface area contributed by atoms with E-state index in [1.807, 2.05) is 48.5 Å². The fraction of sp³-hybridized carbons (Fsp3) is 0.440. The number of amides is 2. The van der Waals surface area contributed by atoms with Crippen LogP contribution in [-0.2, 0) is 4.79 Å². The van der Waals surface area contributed by atoms with Crippen LogP contribution in [0.1, 0.15) is 72.0 Å². The second kappa shape index (κ2) is 8.90. The quantitative estimate of drug-likeness (QED) is 0.764. The van der Waals surface area contributed by atoms with Gasteiger partial charge in [-0.25, -0.2) is 0 Å². The van der Waals surface area contributed by atoms with Crippen molar-refractivity contribution in [2.75, 3.05) is 14.2 Å². The molecule has 2 aliphatic rings. The summed E-state index contributed by atoms with van der Waals surface area (Å²) in [7, 11) is 3.42. The highest BCUT2D eigenvalue weighted by Gasteiger charge is 2.42. The van der Waals surface area contributed by atoms with Crippen molar-refractivity contribution in [1.29, 1.82) is 0 Å². The van der Waals surface area contributed by atoms with Crippen molar-refractivity contribution < 1.29 is 14.3 Å². The standard InChI is InChI=1S/C25H30N2O3/c1-27-23(17-13-15-19(30-2)16-14-17)22(20-11-7-8-12-21(20)25(27)29)24(28)26-18-9-5-3-4-6-10-18/h7-8,11-16,18,22-23H,3-6,9-10H2,1-2H3,(H,26,28)/t22-,23+/m0/s1. The van der Waals surface area contributed by atoms with Crippen LogP contribution >= 0.6 is 0 Å². The first-order chi connectivity index (χ1) is 14.6. The summed E-state index contributed by atoms with van der Waals surface area (Å²) in [6.07, 6.45) is 6.86. The van der Waals surface area contributed by atoms with Gasteiger partial charge in [-0.3, -0.25) is 9.59 Å². The summed E-state index contributed by atoms with van der Waals surface area (Å²) < 4.78 is 5.29. The minimum Gasteiger partial charge on any atom is -0.497 e. The highest BCUT2D eigenvalue weighted by molar-refractivity contribution is 6.01. The van der Waals surface area contributed by atoms with E-state index in [0.29, 0.717) is 5.56 Å². The molecule has 30 heavy (non-hydrogen) atoms. The maximum atomic E-state index is 13.6. The summed E-state index contributed by atoms with van der Waals surface area (Å²) in [6, 6.07) is 15.0. The van der Waals surface area contributed by atoms with Crippen LogP contribution in [0.5, 0.6) is 5.75 Å². The van der Waals surface area contributed by atoms with Gasteiger partial charge in [-0.1, -0.05) is 56.0 Å². The summed E-state index contributed by atoms with van der Waals surface area (Å²) in [5.41, 5.74) is 2.36. The molecule has 2 aromatic carbocycles. The molecule has 1 N–H and O–H groups in total. The molecule has 1 saturated carbocycles. The van der Waals surface area contributed by atoms with Gasteiger partial charge in [0.2, 0.25) is 5.91 Å². The monoisotopic (exact) mass is 406 g/mol. The van der Waals surface area contributed by atoms with Crippen LogP contribution in [-0.4, -0.2) is 36.9 Å². The Morgan fingerprint density at radius 3 is 2.33 bits per heavy atom. The van der Waals surface area contributed by atoms with Crippen LogP contribution in [0.3, 0.4) is 0 Å². The first kappa shape index (κ1) is 20.5. The van der Waals surface area contributed by atoms with Crippen molar-refractivity contribution in [2.24, 2.45) is 0 Å². The number of fused-ring (bicyclic) bond motifs is 1. The average molecular weight is 407 g/mol. The van der Waals surface area contributed by atoms with Crippen molar-refractivity contribution in [2.45, 2.75) is 56.5 Å². The lowest BCUT2D eigenvalue weighted by atomic mass is 9.79. The van der Waals surface area contributed by atoms with Gasteiger partial charge in [-0.15, -0.1) is 0 Å². The molecule has 2 atom stereocenters. The Morgan fingerprint density at radius 1 is 1.00 bits per heavy atom. The number of likely N-dealkylation sites (N-methyl/N-ethyl adjacent to an activating group) is 1. The minimum atomic E-state index is -0.444. The van der Waals surface area contributed by atoms with Crippen molar-refractivity contribution in [3.63, 3.8) is 0 Å². The molecule has 0 saturated heterocycles. The van der Waals surface area contributed by atoms with E-state index in [2.05, 4.69) is 5.32 Å². The van der Waals surface area contributed by atoms with E-state index in [1.165, 1.54) is 12.8 Å². The van der Waals surface area contributed by atoms with E-state index in [-0.39, 0.29) is 23.9 Å². The number of ether oxygens (including phenoxy) is 1. The Hall–Kier alpha value is -2.82. The van der Waals surface area contributed by atoms with Gasteiger partial charge in [0.1, 0.15) is 5.75 Å². The lowest BCUT2D eigenvalue weighted by Gasteiger charge is -2.40. The molecule has 0 aromatic heterocycles. The molecule has 0 bridgehead atoms. The number of hydrogen-bond donors (Lipinski definition) is 1. The van der Waals surface area contributed by atoms with Crippen LogP contribution in [0.25, 0.3) is 0 Å². The molecule has 2 amide bonds. The zero-order valence-electron chi connectivity index (χ0n) is 17.8. The van der Waals surface area contributed by atoms with Gasteiger partial charge in [-0.2, -0.15) is 0 Å². The molecule has 0 radical (unpaired) electrons. The molecule has 4 rings (SSSR count). The van der Waals surface area contributed by atoms with E-state index < -0.39 is 5.92 Å². The molecule has 0 unspecified atom stereocenters. The molecule has 5 heteroatoms. The second-order valence-corrected chi connectivity index (χ2v) is 8.40. The van der Waals surface area contributed by atoms with Crippen molar-refractivity contribution >= 4 is 11.8 Å². The number of hydrogen-bond acceptors (Lipinski definition) is 3. The summed E-state index contributed by atoms with van der Waals surface area (Å²) in [5, 5.41) is 3.33. The molecule has 1 fully saturated rings. The van der Waals surface area contributed by atoms with Crippen molar-refractivity contribution in [3.05, 3.63) is 65.2 Å². The molecule has 1 aliphatic heterocycles. The van der Waals surface area contributed by atoms with Gasteiger partial charge in [0.15, 0.2) is 0 Å². The van der Waals surface area contributed by atoms with Crippen LogP contribution < -0.4 is 10.1 Å². The predicted octanol–water partition coefficient (Wildman–Crippen LogP) is 4.44. The van der Waals surface area contributed by atoms with E-state index in [0.717, 1.165) is 42.6 Å². The minimum absolute atomic E-state index is 0.00881. The van der Waals surface area contributed by atoms with Gasteiger partial charge in [0, 0.05) is 18.7 Å². The largest absolute Gasteiger partial charge is 0.497 e. The van der Waals surface area contributed by atoms with E-state index in [1.54, 1.807) is 19.1 Å². The molecule has 2 aromatic rings. The van der Waals surface area contributed by atoms with Crippen molar-refractivity contribution in [3.8, 4) is 5.75 Å². The highest BCUT2D eigenvalue weighted by Crippen LogP contribution is 2.42. The zero-order valence-corrected chi connectivity index (χ0v) is 17.8. The molecular weight excluding hydrogens is 376 g/mol. The van der Waals surface area contributed by atoms with Crippen molar-refractivity contribution in [1.82, 2.24) is 10.2 Å². The topological polar surface area (TPSA) is 58.6 Å². The number of benzene rings is 2. The number of carbonyl (C=O) groups excluding carboxylic acids is 2. The van der Waals surface area contributed by atoms with Gasteiger partial charge < -0.3 is 15.0 Å². The third-order valence-electron chi connectivity index (χ3n) is 6.52. The van der Waals surface area contributed by atoms with Gasteiger partial charge in [0.05, 0.1) is 19.1 Å². The number of rotatable bonds is 4. The average Bonchev–Trinajstić information content (AvgIpc) is 3.04. The summed E-state index contributed by atoms with van der Waals surface area (Å²) in [5.74, 6) is 0.267. The first-order valence-corrected chi connectivity index (χ1v) is 10.9. The third-order valence-corrected chi connectivity index (χ3v) is 6.52. The molecule has 1 aliphatic carbocycles. The van der Waals surface area contributed by atoms with Crippen LogP contribution in [0.4, 0.5) is 0 Å². The second-order valence-electron chi connectivity index (χ2n) is 8.40. The Bertz CT molecular complexity index is 901. The smallest absolute Gasteiger partial charge is 0.254 e. The maximum Gasteiger partial charge on any atom is 0.254 e. The Morgan fingerprint density at radius 2 is 1.67 bits per heavy atom. The SMILES string of the molecule is COc1ccc([C@@H]2[C@@H](C(=O)NC3CCCCCC3)c3ccccc3C(=O)N2C)cc1. The van der Waals surface area contributed by atoms with Gasteiger partial charge >= 0.3 is 0 Å². The number of methoxy groups -OCH3 is 1. The lowest BCUT2D eigenvalue weighted by molar-refractivity contribution is -0.124. The maximum absolute atomic E-state index is 13.6. The fourth-order valence-electron chi connectivity index (χ4n) is 4.89. The lowest BCUT2D eigenvalue weighted by Crippen LogP contribution is -2.47. The summed E-state index contributed by atoms with van der Waals surface area (Å²) in [4.78, 5) is 28.4. The zero-order chi connectivity index (χ0) is 21.1. The van der Waals surface area contributed by atoms with Crippen LogP contribution in [0, 0.1) is 0 Å². The van der Waals surface area contributed by atoms with Gasteiger partial charge in [0.25, 0.3) is 5.91 Å². The number of nitrogens with zero attached hydrogens (tertiary/aromatic N) is 1. The van der Waals surface area contributed by atoms with E-state index in [4.69, 9.17) is 4.74 Å². The van der Waals surface area contributed by atoms with Crippen LogP contribution in [0.2, 0.25) is 0 Å². The molecule has 158 valence electrons. The Labute approximate surface area is 178 Å². The Kier molecular flexibility index (Phi) is 6.07. The highest BCUT2D eigenvalue weighted by atomic mass is 16.5. The van der Waals surface area contributed by atoms with E-state index in [9.17, 15) is 9.59 Å².